The number of aromatic nitrogens is 1. The molecule has 2 heterocycles. The Labute approximate surface area is 143 Å². The summed E-state index contributed by atoms with van der Waals surface area (Å²) >= 11 is 0. The van der Waals surface area contributed by atoms with Crippen molar-refractivity contribution in [3.63, 3.8) is 0 Å². The predicted molar refractivity (Wildman–Crippen MR) is 90.7 cm³/mol. The molecule has 0 saturated carbocycles. The number of hydrogen-bond acceptors (Lipinski definition) is 5. The lowest BCUT2D eigenvalue weighted by molar-refractivity contribution is 0.0293. The Morgan fingerprint density at radius 3 is 3.00 bits per heavy atom. The van der Waals surface area contributed by atoms with E-state index in [4.69, 9.17) is 4.74 Å². The summed E-state index contributed by atoms with van der Waals surface area (Å²) in [7, 11) is 0. The van der Waals surface area contributed by atoms with Crippen LogP contribution in [0.3, 0.4) is 0 Å². The van der Waals surface area contributed by atoms with Crippen molar-refractivity contribution in [1.82, 2.24) is 15.2 Å². The highest BCUT2D eigenvalue weighted by Gasteiger charge is 2.38. The SMILES string of the molecule is CC(C)(C)OC(=O)N[C@@H]1CCCN([C@H]2c3ncccc3C[C@@H]2O)C1. The summed E-state index contributed by atoms with van der Waals surface area (Å²) in [5.74, 6) is 0. The topological polar surface area (TPSA) is 74.7 Å². The minimum Gasteiger partial charge on any atom is -0.444 e. The Balaban J connectivity index is 1.65. The van der Waals surface area contributed by atoms with Gasteiger partial charge in [0.05, 0.1) is 17.8 Å². The highest BCUT2D eigenvalue weighted by molar-refractivity contribution is 5.68. The first-order chi connectivity index (χ1) is 11.3. The number of aliphatic hydroxyl groups is 1. The Morgan fingerprint density at radius 1 is 1.46 bits per heavy atom. The number of piperidine rings is 1. The molecule has 3 atom stereocenters. The number of pyridine rings is 1. The highest BCUT2D eigenvalue weighted by atomic mass is 16.6. The molecule has 1 aromatic rings. The molecule has 1 aliphatic heterocycles. The van der Waals surface area contributed by atoms with E-state index in [0.717, 1.165) is 30.6 Å². The van der Waals surface area contributed by atoms with E-state index < -0.39 is 11.7 Å². The molecular formula is C18H27N3O3. The van der Waals surface area contributed by atoms with Gasteiger partial charge in [0.25, 0.3) is 0 Å². The molecule has 1 aromatic heterocycles. The molecule has 0 aromatic carbocycles. The summed E-state index contributed by atoms with van der Waals surface area (Å²) in [6, 6.07) is 3.90. The molecule has 1 saturated heterocycles. The predicted octanol–water partition coefficient (Wildman–Crippen LogP) is 2.03. The standard InChI is InChI=1S/C18H27N3O3/c1-18(2,3)24-17(23)20-13-7-5-9-21(11-13)16-14(22)10-12-6-4-8-19-15(12)16/h4,6,8,13-14,16,22H,5,7,9-11H2,1-3H3,(H,20,23)/t13-,14+,16-/m1/s1. The second kappa shape index (κ2) is 6.69. The number of hydrogen-bond donors (Lipinski definition) is 2. The summed E-state index contributed by atoms with van der Waals surface area (Å²) in [6.07, 6.45) is 3.52. The molecule has 0 bridgehead atoms. The fourth-order valence-electron chi connectivity index (χ4n) is 3.68. The third-order valence-corrected chi connectivity index (χ3v) is 4.57. The first-order valence-electron chi connectivity index (χ1n) is 8.69. The number of likely N-dealkylation sites (tertiary alicyclic amines) is 1. The van der Waals surface area contributed by atoms with Crippen LogP contribution >= 0.6 is 0 Å². The van der Waals surface area contributed by atoms with Crippen LogP contribution < -0.4 is 5.32 Å². The maximum Gasteiger partial charge on any atom is 0.407 e. The quantitative estimate of drug-likeness (QED) is 0.866. The molecule has 2 N–H and O–H groups in total. The van der Waals surface area contributed by atoms with Crippen LogP contribution in [0.2, 0.25) is 0 Å². The number of ether oxygens (including phenoxy) is 1. The van der Waals surface area contributed by atoms with Crippen molar-refractivity contribution in [2.24, 2.45) is 0 Å². The monoisotopic (exact) mass is 333 g/mol. The van der Waals surface area contributed by atoms with Crippen LogP contribution in [0.1, 0.15) is 50.9 Å². The van der Waals surface area contributed by atoms with Crippen molar-refractivity contribution >= 4 is 6.09 Å². The highest BCUT2D eigenvalue weighted by Crippen LogP contribution is 2.35. The van der Waals surface area contributed by atoms with Crippen LogP contribution in [-0.4, -0.2) is 51.9 Å². The van der Waals surface area contributed by atoms with E-state index >= 15 is 0 Å². The number of nitrogens with zero attached hydrogens (tertiary/aromatic N) is 2. The third-order valence-electron chi connectivity index (χ3n) is 4.57. The lowest BCUT2D eigenvalue weighted by atomic mass is 10.0. The van der Waals surface area contributed by atoms with Crippen molar-refractivity contribution in [2.45, 2.75) is 63.8 Å². The Bertz CT molecular complexity index is 599. The van der Waals surface area contributed by atoms with Crippen LogP contribution in [0, 0.1) is 0 Å². The van der Waals surface area contributed by atoms with Crippen molar-refractivity contribution in [2.75, 3.05) is 13.1 Å². The largest absolute Gasteiger partial charge is 0.444 e. The van der Waals surface area contributed by atoms with Crippen LogP contribution in [0.15, 0.2) is 18.3 Å². The second-order valence-corrected chi connectivity index (χ2v) is 7.74. The number of aliphatic hydroxyl groups excluding tert-OH is 1. The minimum atomic E-state index is -0.497. The number of nitrogens with one attached hydrogen (secondary N) is 1. The Morgan fingerprint density at radius 2 is 2.25 bits per heavy atom. The van der Waals surface area contributed by atoms with Crippen LogP contribution in [0.25, 0.3) is 0 Å². The molecular weight excluding hydrogens is 306 g/mol. The van der Waals surface area contributed by atoms with Gasteiger partial charge in [-0.05, 0) is 51.8 Å². The van der Waals surface area contributed by atoms with Crippen molar-refractivity contribution in [1.29, 1.82) is 0 Å². The van der Waals surface area contributed by atoms with E-state index in [2.05, 4.69) is 15.2 Å². The van der Waals surface area contributed by atoms with Crippen LogP contribution in [0.5, 0.6) is 0 Å². The summed E-state index contributed by atoms with van der Waals surface area (Å²) in [5, 5.41) is 13.5. The van der Waals surface area contributed by atoms with Crippen molar-refractivity contribution < 1.29 is 14.6 Å². The summed E-state index contributed by atoms with van der Waals surface area (Å²) in [5.41, 5.74) is 1.60. The second-order valence-electron chi connectivity index (χ2n) is 7.74. The van der Waals surface area contributed by atoms with E-state index in [1.54, 1.807) is 6.20 Å². The smallest absolute Gasteiger partial charge is 0.407 e. The van der Waals surface area contributed by atoms with Crippen LogP contribution in [-0.2, 0) is 11.2 Å². The Hall–Kier alpha value is -1.66. The van der Waals surface area contributed by atoms with Crippen molar-refractivity contribution in [3.05, 3.63) is 29.6 Å². The normalized spacial score (nSPS) is 27.6. The lowest BCUT2D eigenvalue weighted by Gasteiger charge is -2.38. The zero-order chi connectivity index (χ0) is 17.3. The molecule has 0 unspecified atom stereocenters. The molecule has 2 aliphatic rings. The van der Waals surface area contributed by atoms with Gasteiger partial charge in [-0.3, -0.25) is 9.88 Å². The molecule has 1 aliphatic carbocycles. The van der Waals surface area contributed by atoms with Gasteiger partial charge < -0.3 is 15.2 Å². The number of fused-ring (bicyclic) bond motifs is 1. The van der Waals surface area contributed by atoms with E-state index in [0.29, 0.717) is 13.0 Å². The molecule has 24 heavy (non-hydrogen) atoms. The zero-order valence-electron chi connectivity index (χ0n) is 14.7. The summed E-state index contributed by atoms with van der Waals surface area (Å²) in [4.78, 5) is 18.7. The zero-order valence-corrected chi connectivity index (χ0v) is 14.7. The van der Waals surface area contributed by atoms with Gasteiger partial charge in [-0.1, -0.05) is 6.07 Å². The third kappa shape index (κ3) is 3.87. The number of carbonyl (C=O) groups excluding carboxylic acids is 1. The molecule has 6 nitrogen and oxygen atoms in total. The molecule has 0 radical (unpaired) electrons. The van der Waals surface area contributed by atoms with Gasteiger partial charge in [-0.25, -0.2) is 4.79 Å². The molecule has 1 amide bonds. The van der Waals surface area contributed by atoms with Gasteiger partial charge in [0, 0.05) is 25.2 Å². The lowest BCUT2D eigenvalue weighted by Crippen LogP contribution is -2.51. The number of amides is 1. The number of alkyl carbamates (subject to hydrolysis) is 1. The summed E-state index contributed by atoms with van der Waals surface area (Å²) in [6.45, 7) is 7.19. The number of carbonyl (C=O) groups is 1. The van der Waals surface area contributed by atoms with Gasteiger partial charge in [0.15, 0.2) is 0 Å². The van der Waals surface area contributed by atoms with Gasteiger partial charge in [0.1, 0.15) is 5.60 Å². The first-order valence-corrected chi connectivity index (χ1v) is 8.69. The maximum absolute atomic E-state index is 12.0. The van der Waals surface area contributed by atoms with E-state index in [9.17, 15) is 9.90 Å². The fourth-order valence-corrected chi connectivity index (χ4v) is 3.68. The van der Waals surface area contributed by atoms with Crippen molar-refractivity contribution in [3.8, 4) is 0 Å². The average Bonchev–Trinajstić information content (AvgIpc) is 2.81. The Kier molecular flexibility index (Phi) is 4.78. The van der Waals surface area contributed by atoms with Gasteiger partial charge in [0.2, 0.25) is 0 Å². The average molecular weight is 333 g/mol. The van der Waals surface area contributed by atoms with Gasteiger partial charge >= 0.3 is 6.09 Å². The molecule has 3 rings (SSSR count). The fraction of sp³-hybridized carbons (Fsp3) is 0.667. The molecule has 6 heteroatoms. The molecule has 1 fully saturated rings. The summed E-state index contributed by atoms with van der Waals surface area (Å²) < 4.78 is 5.35. The first kappa shape index (κ1) is 17.2. The molecule has 132 valence electrons. The molecule has 0 spiro atoms. The van der Waals surface area contributed by atoms with E-state index in [1.807, 2.05) is 32.9 Å². The van der Waals surface area contributed by atoms with Crippen LogP contribution in [0.4, 0.5) is 4.79 Å². The number of rotatable bonds is 2. The van der Waals surface area contributed by atoms with E-state index in [-0.39, 0.29) is 18.2 Å². The van der Waals surface area contributed by atoms with E-state index in [1.165, 1.54) is 0 Å². The maximum atomic E-state index is 12.0. The van der Waals surface area contributed by atoms with Gasteiger partial charge in [-0.15, -0.1) is 0 Å². The minimum absolute atomic E-state index is 0.0357. The van der Waals surface area contributed by atoms with Gasteiger partial charge in [-0.2, -0.15) is 0 Å².